The van der Waals surface area contributed by atoms with Gasteiger partial charge in [-0.15, -0.1) is 11.3 Å². The lowest BCUT2D eigenvalue weighted by atomic mass is 9.67. The highest BCUT2D eigenvalue weighted by Gasteiger charge is 2.50. The van der Waals surface area contributed by atoms with E-state index >= 15 is 0 Å². The van der Waals surface area contributed by atoms with Crippen LogP contribution in [0.2, 0.25) is 0 Å². The summed E-state index contributed by atoms with van der Waals surface area (Å²) in [5.74, 6) is 0. The lowest BCUT2D eigenvalue weighted by Gasteiger charge is -2.37. The molecule has 2 aromatic heterocycles. The van der Waals surface area contributed by atoms with Crippen molar-refractivity contribution in [3.8, 4) is 11.1 Å². The average Bonchev–Trinajstić information content (AvgIpc) is 1.50. The number of para-hydroxylation sites is 3. The van der Waals surface area contributed by atoms with E-state index in [1.807, 2.05) is 11.3 Å². The van der Waals surface area contributed by atoms with E-state index in [0.29, 0.717) is 0 Å². The first kappa shape index (κ1) is 64.1. The standard InChI is InChI=1S/C93H89N3OS/c1-88(2,3)60-34-36-65(37-35-60)93(66-46-56-71(57-47-66)94(69-48-38-61(39-49-69)89(4,5)6)70-50-40-62(41-51-70)90(7,8)9)76-58-78(95(67-26-18-16-19-27-67)72-52-42-63(43-53-72)91(10,11)12)86-82(74-30-22-24-32-80(74)97-86)84(76)85-77(93)59-79(87-83(85)75-31-23-25-33-81(75)98-87)96(68-28-20-17-21-29-68)73-54-44-64(45-55-73)92(13,14)15/h16-59H,1-15H3. The molecule has 0 saturated carbocycles. The molecule has 1 atom stereocenters. The number of furan rings is 1. The normalized spacial score (nSPS) is 14.3. The van der Waals surface area contributed by atoms with E-state index in [1.165, 1.54) is 75.8 Å². The maximum atomic E-state index is 7.58. The molecule has 0 aliphatic heterocycles. The Morgan fingerprint density at radius 3 is 1.04 bits per heavy atom. The van der Waals surface area contributed by atoms with Gasteiger partial charge in [0.25, 0.3) is 0 Å². The highest BCUT2D eigenvalue weighted by atomic mass is 32.1. The van der Waals surface area contributed by atoms with Gasteiger partial charge in [0.1, 0.15) is 5.58 Å². The zero-order valence-corrected chi connectivity index (χ0v) is 60.4. The monoisotopic (exact) mass is 1300 g/mol. The molecule has 1 aliphatic carbocycles. The molecule has 2 heterocycles. The fraction of sp³-hybridized carbons (Fsp3) is 0.226. The Morgan fingerprint density at radius 2 is 0.612 bits per heavy atom. The summed E-state index contributed by atoms with van der Waals surface area (Å²) in [6.07, 6.45) is 0. The van der Waals surface area contributed by atoms with Crippen LogP contribution >= 0.6 is 11.3 Å². The predicted octanol–water partition coefficient (Wildman–Crippen LogP) is 27.2. The van der Waals surface area contributed by atoms with Gasteiger partial charge in [0.15, 0.2) is 5.58 Å². The van der Waals surface area contributed by atoms with Crippen molar-refractivity contribution in [1.29, 1.82) is 0 Å². The van der Waals surface area contributed by atoms with Crippen molar-refractivity contribution in [2.75, 3.05) is 14.7 Å². The van der Waals surface area contributed by atoms with Crippen LogP contribution in [0.3, 0.4) is 0 Å². The number of thiophene rings is 1. The zero-order valence-electron chi connectivity index (χ0n) is 59.6. The average molecular weight is 1300 g/mol. The Bertz CT molecular complexity index is 5000. The molecule has 15 rings (SSSR count). The molecule has 14 aromatic rings. The Balaban J connectivity index is 1.12. The van der Waals surface area contributed by atoms with Crippen molar-refractivity contribution >= 4 is 105 Å². The van der Waals surface area contributed by atoms with Crippen LogP contribution in [0.5, 0.6) is 0 Å². The second kappa shape index (κ2) is 23.7. The van der Waals surface area contributed by atoms with Crippen LogP contribution in [0, 0.1) is 0 Å². The van der Waals surface area contributed by atoms with Gasteiger partial charge in [-0.05, 0) is 197 Å². The van der Waals surface area contributed by atoms with Gasteiger partial charge in [-0.1, -0.05) is 262 Å². The largest absolute Gasteiger partial charge is 0.454 e. The molecule has 1 aliphatic rings. The Hall–Kier alpha value is -9.94. The van der Waals surface area contributed by atoms with Gasteiger partial charge in [0, 0.05) is 66.1 Å². The summed E-state index contributed by atoms with van der Waals surface area (Å²) in [5.41, 5.74) is 23.6. The van der Waals surface area contributed by atoms with Gasteiger partial charge in [-0.25, -0.2) is 0 Å². The van der Waals surface area contributed by atoms with Crippen molar-refractivity contribution in [3.63, 3.8) is 0 Å². The summed E-state index contributed by atoms with van der Waals surface area (Å²) in [4.78, 5) is 7.42. The number of nitrogens with zero attached hydrogens (tertiary/aromatic N) is 3. The Kier molecular flexibility index (Phi) is 15.5. The van der Waals surface area contributed by atoms with Crippen LogP contribution in [0.1, 0.15) is 154 Å². The van der Waals surface area contributed by atoms with Gasteiger partial charge in [-0.3, -0.25) is 0 Å². The van der Waals surface area contributed by atoms with Crippen molar-refractivity contribution in [1.82, 2.24) is 0 Å². The highest BCUT2D eigenvalue weighted by molar-refractivity contribution is 7.26. The maximum absolute atomic E-state index is 7.58. The van der Waals surface area contributed by atoms with Gasteiger partial charge in [0.05, 0.1) is 21.5 Å². The van der Waals surface area contributed by atoms with Gasteiger partial charge in [0.2, 0.25) is 0 Å². The van der Waals surface area contributed by atoms with Crippen LogP contribution in [0.15, 0.2) is 271 Å². The third-order valence-corrected chi connectivity index (χ3v) is 21.7. The van der Waals surface area contributed by atoms with Crippen LogP contribution in [0.25, 0.3) is 53.2 Å². The summed E-state index contributed by atoms with van der Waals surface area (Å²) in [6.45, 7) is 34.5. The van der Waals surface area contributed by atoms with Crippen LogP contribution < -0.4 is 14.7 Å². The Labute approximate surface area is 584 Å². The van der Waals surface area contributed by atoms with E-state index in [9.17, 15) is 0 Å². The second-order valence-corrected chi connectivity index (χ2v) is 33.3. The zero-order chi connectivity index (χ0) is 68.4. The first-order valence-electron chi connectivity index (χ1n) is 34.9. The summed E-state index contributed by atoms with van der Waals surface area (Å²) in [6, 6.07) is 101. The first-order chi connectivity index (χ1) is 46.8. The molecule has 12 aromatic carbocycles. The van der Waals surface area contributed by atoms with Crippen molar-refractivity contribution in [3.05, 3.63) is 317 Å². The molecule has 0 amide bonds. The molecule has 98 heavy (non-hydrogen) atoms. The van der Waals surface area contributed by atoms with Gasteiger partial charge >= 0.3 is 0 Å². The number of benzene rings is 12. The molecule has 5 heteroatoms. The van der Waals surface area contributed by atoms with Crippen LogP contribution in [0.4, 0.5) is 51.2 Å². The predicted molar refractivity (Wildman–Crippen MR) is 421 cm³/mol. The number of hydrogen-bond acceptors (Lipinski definition) is 5. The third kappa shape index (κ3) is 11.0. The van der Waals surface area contributed by atoms with E-state index in [-0.39, 0.29) is 27.1 Å². The topological polar surface area (TPSA) is 22.9 Å². The van der Waals surface area contributed by atoms with Gasteiger partial charge in [-0.2, -0.15) is 0 Å². The molecule has 0 bridgehead atoms. The summed E-state index contributed by atoms with van der Waals surface area (Å²) < 4.78 is 10.0. The fourth-order valence-electron chi connectivity index (χ4n) is 15.1. The SMILES string of the molecule is CC(C)(C)c1ccc(N(c2ccc(C(C)(C)C)cc2)c2ccc(C3(c4ccc(C(C)(C)C)cc4)c4cc(N(c5ccccc5)c5ccc(C(C)(C)C)cc5)c5oc6ccccc6c5c4-c4c3cc(N(c3ccccc3)c3ccc(C(C)(C)C)cc3)c3sc5ccccc5c43)cc2)cc1. The number of anilines is 9. The summed E-state index contributed by atoms with van der Waals surface area (Å²) in [7, 11) is 0. The minimum absolute atomic E-state index is 0.00834. The lowest BCUT2D eigenvalue weighted by Crippen LogP contribution is -2.29. The van der Waals surface area contributed by atoms with E-state index in [2.05, 4.69) is 385 Å². The van der Waals surface area contributed by atoms with E-state index in [0.717, 1.165) is 78.7 Å². The first-order valence-corrected chi connectivity index (χ1v) is 35.7. The van der Waals surface area contributed by atoms with Crippen LogP contribution in [-0.2, 0) is 32.5 Å². The minimum Gasteiger partial charge on any atom is -0.454 e. The smallest absolute Gasteiger partial charge is 0.160 e. The lowest BCUT2D eigenvalue weighted by molar-refractivity contribution is 0.589. The molecule has 0 N–H and O–H groups in total. The molecule has 0 fully saturated rings. The molecule has 4 nitrogen and oxygen atoms in total. The van der Waals surface area contributed by atoms with Crippen LogP contribution in [-0.4, -0.2) is 0 Å². The summed E-state index contributed by atoms with van der Waals surface area (Å²) in [5, 5.41) is 4.63. The third-order valence-electron chi connectivity index (χ3n) is 20.5. The number of hydrogen-bond donors (Lipinski definition) is 0. The van der Waals surface area contributed by atoms with Crippen molar-refractivity contribution in [2.45, 2.75) is 136 Å². The molecular weight excluding hydrogens is 1210 g/mol. The Morgan fingerprint density at radius 1 is 0.296 bits per heavy atom. The highest BCUT2D eigenvalue weighted by Crippen LogP contribution is 2.65. The van der Waals surface area contributed by atoms with E-state index in [1.54, 1.807) is 0 Å². The van der Waals surface area contributed by atoms with E-state index < -0.39 is 5.41 Å². The summed E-state index contributed by atoms with van der Waals surface area (Å²) >= 11 is 1.89. The van der Waals surface area contributed by atoms with Crippen molar-refractivity contribution < 1.29 is 4.42 Å². The molecule has 0 spiro atoms. The molecule has 488 valence electrons. The molecule has 0 radical (unpaired) electrons. The van der Waals surface area contributed by atoms with E-state index in [4.69, 9.17) is 4.42 Å². The molecular formula is C93H89N3OS. The fourth-order valence-corrected chi connectivity index (χ4v) is 16.3. The number of rotatable bonds is 11. The quantitative estimate of drug-likeness (QED) is 0.129. The minimum atomic E-state index is -0.975. The van der Waals surface area contributed by atoms with Crippen molar-refractivity contribution in [2.24, 2.45) is 0 Å². The van der Waals surface area contributed by atoms with Gasteiger partial charge < -0.3 is 19.1 Å². The number of fused-ring (bicyclic) bond motifs is 11. The maximum Gasteiger partial charge on any atom is 0.160 e. The molecule has 1 unspecified atom stereocenters. The second-order valence-electron chi connectivity index (χ2n) is 32.2. The molecule has 0 saturated heterocycles.